The molecule has 18 heavy (non-hydrogen) atoms. The molecule has 1 aliphatic heterocycles. The number of hydrogen-bond acceptors (Lipinski definition) is 2. The van der Waals surface area contributed by atoms with Crippen LogP contribution < -0.4 is 4.90 Å². The molecule has 2 aromatic rings. The van der Waals surface area contributed by atoms with Gasteiger partial charge in [-0.2, -0.15) is 0 Å². The molecule has 0 aliphatic carbocycles. The first kappa shape index (κ1) is 11.7. The number of alkyl halides is 1. The molecule has 94 valence electrons. The third kappa shape index (κ3) is 1.82. The van der Waals surface area contributed by atoms with Gasteiger partial charge in [-0.3, -0.25) is 9.69 Å². The zero-order valence-corrected chi connectivity index (χ0v) is 11.7. The standard InChI is InChI=1S/C13H14BrN3O/c1-8-3-2-4-10-12(8)16-13(15-10)17-7-9(6-14)5-11(17)18/h2-4,9H,5-7H2,1H3,(H,15,16). The maximum atomic E-state index is 12.0. The predicted octanol–water partition coefficient (Wildman–Crippen LogP) is 2.62. The monoisotopic (exact) mass is 307 g/mol. The van der Waals surface area contributed by atoms with Gasteiger partial charge in [-0.1, -0.05) is 28.1 Å². The highest BCUT2D eigenvalue weighted by molar-refractivity contribution is 9.09. The molecular weight excluding hydrogens is 294 g/mol. The number of nitrogens with one attached hydrogen (secondary N) is 1. The first-order valence-electron chi connectivity index (χ1n) is 6.00. The van der Waals surface area contributed by atoms with Crippen molar-refractivity contribution in [2.24, 2.45) is 5.92 Å². The van der Waals surface area contributed by atoms with Gasteiger partial charge in [0.2, 0.25) is 11.9 Å². The van der Waals surface area contributed by atoms with E-state index in [0.717, 1.165) is 28.5 Å². The van der Waals surface area contributed by atoms with Crippen LogP contribution in [0.5, 0.6) is 0 Å². The lowest BCUT2D eigenvalue weighted by Crippen LogP contribution is -2.25. The molecule has 4 nitrogen and oxygen atoms in total. The summed E-state index contributed by atoms with van der Waals surface area (Å²) in [6.07, 6.45) is 0.598. The summed E-state index contributed by atoms with van der Waals surface area (Å²) < 4.78 is 0. The predicted molar refractivity (Wildman–Crippen MR) is 75.1 cm³/mol. The molecule has 2 heterocycles. The van der Waals surface area contributed by atoms with Gasteiger partial charge in [0.1, 0.15) is 0 Å². The lowest BCUT2D eigenvalue weighted by molar-refractivity contribution is -0.117. The van der Waals surface area contributed by atoms with Crippen LogP contribution in [0.4, 0.5) is 5.95 Å². The van der Waals surface area contributed by atoms with E-state index in [1.54, 1.807) is 4.90 Å². The molecule has 0 spiro atoms. The number of anilines is 1. The number of carbonyl (C=O) groups excluding carboxylic acids is 1. The minimum absolute atomic E-state index is 0.149. The van der Waals surface area contributed by atoms with Crippen molar-refractivity contribution in [1.82, 2.24) is 9.97 Å². The van der Waals surface area contributed by atoms with Crippen LogP contribution in [0.3, 0.4) is 0 Å². The molecule has 1 saturated heterocycles. The van der Waals surface area contributed by atoms with E-state index in [1.165, 1.54) is 0 Å². The number of aromatic nitrogens is 2. The molecule has 1 unspecified atom stereocenters. The number of rotatable bonds is 2. The van der Waals surface area contributed by atoms with Crippen molar-refractivity contribution in [3.63, 3.8) is 0 Å². The number of para-hydroxylation sites is 1. The molecule has 1 fully saturated rings. The van der Waals surface area contributed by atoms with Gasteiger partial charge in [0.25, 0.3) is 0 Å². The summed E-state index contributed by atoms with van der Waals surface area (Å²) in [5.41, 5.74) is 3.06. The molecule has 0 radical (unpaired) electrons. The largest absolute Gasteiger partial charge is 0.324 e. The molecule has 1 atom stereocenters. The highest BCUT2D eigenvalue weighted by atomic mass is 79.9. The fourth-order valence-electron chi connectivity index (χ4n) is 2.38. The Hall–Kier alpha value is -1.36. The summed E-state index contributed by atoms with van der Waals surface area (Å²) >= 11 is 3.44. The van der Waals surface area contributed by atoms with Crippen LogP contribution in [0, 0.1) is 12.8 Å². The fraction of sp³-hybridized carbons (Fsp3) is 0.385. The second-order valence-electron chi connectivity index (χ2n) is 4.76. The normalized spacial score (nSPS) is 20.0. The maximum Gasteiger partial charge on any atom is 0.229 e. The van der Waals surface area contributed by atoms with E-state index < -0.39 is 0 Å². The lowest BCUT2D eigenvalue weighted by Gasteiger charge is -2.11. The Bertz CT molecular complexity index is 607. The van der Waals surface area contributed by atoms with E-state index in [1.807, 2.05) is 25.1 Å². The van der Waals surface area contributed by atoms with Crippen molar-refractivity contribution in [3.8, 4) is 0 Å². The molecule has 1 aromatic carbocycles. The minimum atomic E-state index is 0.149. The van der Waals surface area contributed by atoms with E-state index in [4.69, 9.17) is 0 Å². The number of imidazole rings is 1. The van der Waals surface area contributed by atoms with Crippen molar-refractivity contribution < 1.29 is 4.79 Å². The van der Waals surface area contributed by atoms with E-state index in [9.17, 15) is 4.79 Å². The van der Waals surface area contributed by atoms with Gasteiger partial charge in [-0.15, -0.1) is 0 Å². The van der Waals surface area contributed by atoms with Gasteiger partial charge in [-0.25, -0.2) is 4.98 Å². The summed E-state index contributed by atoms with van der Waals surface area (Å²) in [4.78, 5) is 21.5. The second kappa shape index (κ2) is 4.39. The third-order valence-corrected chi connectivity index (χ3v) is 4.30. The number of benzene rings is 1. The van der Waals surface area contributed by atoms with E-state index in [2.05, 4.69) is 25.9 Å². The molecule has 1 aliphatic rings. The summed E-state index contributed by atoms with van der Waals surface area (Å²) in [6, 6.07) is 6.01. The van der Waals surface area contributed by atoms with Crippen LogP contribution in [0.2, 0.25) is 0 Å². The number of amides is 1. The van der Waals surface area contributed by atoms with E-state index in [-0.39, 0.29) is 5.91 Å². The van der Waals surface area contributed by atoms with Crippen molar-refractivity contribution >= 4 is 38.8 Å². The SMILES string of the molecule is Cc1cccc2[nH]c(N3CC(CBr)CC3=O)nc12. The number of aromatic amines is 1. The molecule has 1 aromatic heterocycles. The topological polar surface area (TPSA) is 49.0 Å². The Labute approximate surface area is 114 Å². The van der Waals surface area contributed by atoms with Crippen molar-refractivity contribution in [1.29, 1.82) is 0 Å². The van der Waals surface area contributed by atoms with Gasteiger partial charge in [-0.05, 0) is 24.5 Å². The minimum Gasteiger partial charge on any atom is -0.324 e. The summed E-state index contributed by atoms with van der Waals surface area (Å²) in [5, 5.41) is 0.856. The van der Waals surface area contributed by atoms with Crippen molar-refractivity contribution in [3.05, 3.63) is 23.8 Å². The Morgan fingerprint density at radius 2 is 2.39 bits per heavy atom. The Kier molecular flexibility index (Phi) is 2.86. The quantitative estimate of drug-likeness (QED) is 0.867. The highest BCUT2D eigenvalue weighted by Gasteiger charge is 2.31. The van der Waals surface area contributed by atoms with Gasteiger partial charge in [0.15, 0.2) is 0 Å². The molecule has 3 rings (SSSR count). The molecule has 5 heteroatoms. The first-order valence-corrected chi connectivity index (χ1v) is 7.13. The average molecular weight is 308 g/mol. The number of carbonyl (C=O) groups is 1. The molecule has 1 amide bonds. The highest BCUT2D eigenvalue weighted by Crippen LogP contribution is 2.26. The number of halogens is 1. The number of nitrogens with zero attached hydrogens (tertiary/aromatic N) is 2. The van der Waals surface area contributed by atoms with Crippen LogP contribution in [0.15, 0.2) is 18.2 Å². The second-order valence-corrected chi connectivity index (χ2v) is 5.41. The zero-order valence-electron chi connectivity index (χ0n) is 10.1. The van der Waals surface area contributed by atoms with Crippen LogP contribution in [-0.2, 0) is 4.79 Å². The number of H-pyrrole nitrogens is 1. The van der Waals surface area contributed by atoms with Crippen LogP contribution >= 0.6 is 15.9 Å². The number of aryl methyl sites for hydroxylation is 1. The smallest absolute Gasteiger partial charge is 0.229 e. The number of fused-ring (bicyclic) bond motifs is 1. The summed E-state index contributed by atoms with van der Waals surface area (Å²) in [5.74, 6) is 1.20. The van der Waals surface area contributed by atoms with E-state index >= 15 is 0 Å². The van der Waals surface area contributed by atoms with Crippen LogP contribution in [0.1, 0.15) is 12.0 Å². The van der Waals surface area contributed by atoms with Crippen LogP contribution in [-0.4, -0.2) is 27.7 Å². The van der Waals surface area contributed by atoms with Crippen molar-refractivity contribution in [2.75, 3.05) is 16.8 Å². The fourth-order valence-corrected chi connectivity index (χ4v) is 2.81. The molecule has 0 saturated carbocycles. The van der Waals surface area contributed by atoms with E-state index in [0.29, 0.717) is 18.3 Å². The summed E-state index contributed by atoms with van der Waals surface area (Å²) in [6.45, 7) is 2.77. The average Bonchev–Trinajstić information content (AvgIpc) is 2.93. The third-order valence-electron chi connectivity index (χ3n) is 3.38. The molecule has 1 N–H and O–H groups in total. The zero-order chi connectivity index (χ0) is 12.7. The van der Waals surface area contributed by atoms with Gasteiger partial charge in [0.05, 0.1) is 11.0 Å². The van der Waals surface area contributed by atoms with Gasteiger partial charge < -0.3 is 4.98 Å². The van der Waals surface area contributed by atoms with Gasteiger partial charge >= 0.3 is 0 Å². The maximum absolute atomic E-state index is 12.0. The van der Waals surface area contributed by atoms with Crippen LogP contribution in [0.25, 0.3) is 11.0 Å². The first-order chi connectivity index (χ1) is 8.69. The van der Waals surface area contributed by atoms with Crippen molar-refractivity contribution in [2.45, 2.75) is 13.3 Å². The molecule has 0 bridgehead atoms. The Morgan fingerprint density at radius 1 is 1.56 bits per heavy atom. The summed E-state index contributed by atoms with van der Waals surface area (Å²) in [7, 11) is 0. The number of hydrogen-bond donors (Lipinski definition) is 1. The lowest BCUT2D eigenvalue weighted by atomic mass is 10.2. The molecular formula is C13H14BrN3O. The Balaban J connectivity index is 2.00. The Morgan fingerprint density at radius 3 is 3.06 bits per heavy atom. The van der Waals surface area contributed by atoms with Gasteiger partial charge in [0, 0.05) is 18.3 Å².